The molecule has 0 saturated heterocycles. The van der Waals surface area contributed by atoms with Crippen LogP contribution < -0.4 is 0 Å². The normalized spacial score (nSPS) is 14.1. The van der Waals surface area contributed by atoms with E-state index in [9.17, 15) is 14.4 Å². The zero-order valence-electron chi connectivity index (χ0n) is 17.0. The van der Waals surface area contributed by atoms with E-state index in [4.69, 9.17) is 0 Å². The topological polar surface area (TPSA) is 54.5 Å². The van der Waals surface area contributed by atoms with Crippen molar-refractivity contribution in [3.05, 3.63) is 68.8 Å². The van der Waals surface area contributed by atoms with Gasteiger partial charge in [-0.05, 0) is 74.8 Å². The van der Waals surface area contributed by atoms with E-state index in [1.807, 2.05) is 54.9 Å². The lowest BCUT2D eigenvalue weighted by atomic mass is 9.86. The predicted octanol–water partition coefficient (Wildman–Crippen LogP) is 6.22. The number of halogens is 2. The highest BCUT2D eigenvalue weighted by molar-refractivity contribution is 14.1. The summed E-state index contributed by atoms with van der Waals surface area (Å²) in [5, 5.41) is 0. The van der Waals surface area contributed by atoms with Crippen molar-refractivity contribution in [3.63, 3.8) is 0 Å². The molecule has 0 radical (unpaired) electrons. The van der Waals surface area contributed by atoms with Crippen LogP contribution in [0.15, 0.2) is 57.7 Å². The molecule has 0 fully saturated rings. The van der Waals surface area contributed by atoms with E-state index in [1.165, 1.54) is 3.58 Å². The third-order valence-corrected chi connectivity index (χ3v) is 6.38. The third-order valence-electron chi connectivity index (χ3n) is 4.52. The van der Waals surface area contributed by atoms with Crippen molar-refractivity contribution in [1.29, 1.82) is 0 Å². The Morgan fingerprint density at radius 2 is 1.83 bits per heavy atom. The maximum Gasteiger partial charge on any atom is 0.262 e. The van der Waals surface area contributed by atoms with E-state index in [2.05, 4.69) is 42.2 Å². The molecule has 4 nitrogen and oxygen atoms in total. The first-order valence-corrected chi connectivity index (χ1v) is 11.5. The number of carbonyl (C=O) groups excluding carboxylic acids is 3. The number of benzene rings is 1. The summed E-state index contributed by atoms with van der Waals surface area (Å²) in [4.78, 5) is 34.8. The van der Waals surface area contributed by atoms with Gasteiger partial charge in [-0.3, -0.25) is 7.91 Å². The Morgan fingerprint density at radius 3 is 2.31 bits per heavy atom. The van der Waals surface area contributed by atoms with E-state index in [0.29, 0.717) is 12.1 Å². The van der Waals surface area contributed by atoms with Gasteiger partial charge in [0.25, 0.3) is 5.91 Å². The van der Waals surface area contributed by atoms with Crippen LogP contribution in [-0.4, -0.2) is 28.1 Å². The second-order valence-electron chi connectivity index (χ2n) is 6.95. The average molecular weight is 619 g/mol. The summed E-state index contributed by atoms with van der Waals surface area (Å²) < 4.78 is 2.87. The fourth-order valence-electron chi connectivity index (χ4n) is 2.79. The second kappa shape index (κ2) is 13.1. The van der Waals surface area contributed by atoms with E-state index < -0.39 is 0 Å². The lowest BCUT2D eigenvalue weighted by Crippen LogP contribution is -2.23. The van der Waals surface area contributed by atoms with Crippen LogP contribution >= 0.6 is 45.5 Å². The standard InChI is InChI=1S/C23H27I2NO3/c1-5-22(24)13-18(12-16(2)3)14-26(25)23(29)20-8-6-19(7-9-20)17(4)21(15-28)10-11-27/h6-9,11-13,15,17,21H,2,5,10,14H2,1,3-4H3/b18-12+,22-13-. The molecule has 0 saturated carbocycles. The zero-order valence-corrected chi connectivity index (χ0v) is 21.3. The molecule has 1 amide bonds. The molecule has 0 aliphatic heterocycles. The number of rotatable bonds is 11. The molecule has 0 aliphatic rings. The van der Waals surface area contributed by atoms with E-state index in [0.717, 1.165) is 35.7 Å². The number of allylic oxidation sites excluding steroid dienone is 3. The average Bonchev–Trinajstić information content (AvgIpc) is 2.70. The van der Waals surface area contributed by atoms with Gasteiger partial charge in [0, 0.05) is 17.9 Å². The van der Waals surface area contributed by atoms with E-state index in [-0.39, 0.29) is 24.2 Å². The smallest absolute Gasteiger partial charge is 0.262 e. The van der Waals surface area contributed by atoms with Crippen LogP contribution in [-0.2, 0) is 9.59 Å². The molecule has 1 aromatic carbocycles. The van der Waals surface area contributed by atoms with Gasteiger partial charge in [0.05, 0.1) is 29.4 Å². The van der Waals surface area contributed by atoms with E-state index in [1.54, 1.807) is 15.2 Å². The maximum absolute atomic E-state index is 12.8. The van der Waals surface area contributed by atoms with Crippen molar-refractivity contribution in [2.24, 2.45) is 5.92 Å². The quantitative estimate of drug-likeness (QED) is 0.128. The Labute approximate surface area is 201 Å². The van der Waals surface area contributed by atoms with E-state index >= 15 is 0 Å². The molecular formula is C23H27I2NO3. The van der Waals surface area contributed by atoms with Gasteiger partial charge in [0.1, 0.15) is 12.6 Å². The van der Waals surface area contributed by atoms with Crippen molar-refractivity contribution < 1.29 is 14.4 Å². The van der Waals surface area contributed by atoms with Crippen molar-refractivity contribution in [2.45, 2.75) is 39.5 Å². The van der Waals surface area contributed by atoms with Crippen LogP contribution in [0.25, 0.3) is 0 Å². The number of aldehydes is 2. The van der Waals surface area contributed by atoms with Crippen LogP contribution in [0, 0.1) is 5.92 Å². The summed E-state index contributed by atoms with van der Waals surface area (Å²) in [5.74, 6) is -0.515. The fourth-order valence-corrected chi connectivity index (χ4v) is 3.86. The van der Waals surface area contributed by atoms with Gasteiger partial charge in [-0.15, -0.1) is 0 Å². The minimum absolute atomic E-state index is 0.0797. The molecule has 0 aromatic heterocycles. The SMILES string of the molecule is C=C(C)/C=C(\C=C(/I)CC)CN(I)C(=O)c1ccc(C(C)C(C=O)CC=O)cc1. The van der Waals surface area contributed by atoms with Crippen LogP contribution in [0.2, 0.25) is 0 Å². The minimum atomic E-state index is -0.349. The number of hydrogen-bond donors (Lipinski definition) is 0. The zero-order chi connectivity index (χ0) is 22.0. The molecule has 2 unspecified atom stereocenters. The molecule has 1 aromatic rings. The third kappa shape index (κ3) is 8.54. The highest BCUT2D eigenvalue weighted by Crippen LogP contribution is 2.26. The Bertz CT molecular complexity index is 797. The first kappa shape index (κ1) is 25.7. The van der Waals surface area contributed by atoms with Gasteiger partial charge >= 0.3 is 0 Å². The Balaban J connectivity index is 2.96. The van der Waals surface area contributed by atoms with Gasteiger partial charge in [-0.25, -0.2) is 0 Å². The molecule has 6 heteroatoms. The van der Waals surface area contributed by atoms with Crippen LogP contribution in [0.5, 0.6) is 0 Å². The monoisotopic (exact) mass is 619 g/mol. The summed E-state index contributed by atoms with van der Waals surface area (Å²) in [5.41, 5.74) is 3.48. The highest BCUT2D eigenvalue weighted by atomic mass is 127. The lowest BCUT2D eigenvalue weighted by Gasteiger charge is -2.19. The Kier molecular flexibility index (Phi) is 11.6. The molecule has 0 heterocycles. The summed E-state index contributed by atoms with van der Waals surface area (Å²) >= 11 is 4.34. The van der Waals surface area contributed by atoms with Crippen molar-refractivity contribution in [1.82, 2.24) is 3.11 Å². The first-order valence-electron chi connectivity index (χ1n) is 9.42. The fraction of sp³-hybridized carbons (Fsp3) is 0.348. The lowest BCUT2D eigenvalue weighted by molar-refractivity contribution is -0.116. The molecule has 0 N–H and O–H groups in total. The Morgan fingerprint density at radius 1 is 1.21 bits per heavy atom. The molecule has 1 rings (SSSR count). The van der Waals surface area contributed by atoms with Gasteiger partial charge < -0.3 is 9.59 Å². The molecule has 29 heavy (non-hydrogen) atoms. The van der Waals surface area contributed by atoms with Crippen LogP contribution in [0.4, 0.5) is 0 Å². The molecule has 156 valence electrons. The number of amides is 1. The van der Waals surface area contributed by atoms with Gasteiger partial charge in [-0.1, -0.05) is 44.2 Å². The summed E-state index contributed by atoms with van der Waals surface area (Å²) in [6, 6.07) is 7.26. The summed E-state index contributed by atoms with van der Waals surface area (Å²) in [6.45, 7) is 10.4. The molecule has 2 atom stereocenters. The number of carbonyl (C=O) groups is 3. The van der Waals surface area contributed by atoms with Gasteiger partial charge in [0.2, 0.25) is 0 Å². The molecule has 0 spiro atoms. The van der Waals surface area contributed by atoms with Crippen molar-refractivity contribution in [3.8, 4) is 0 Å². The number of nitrogens with zero attached hydrogens (tertiary/aromatic N) is 1. The van der Waals surface area contributed by atoms with Crippen molar-refractivity contribution >= 4 is 63.9 Å². The van der Waals surface area contributed by atoms with Gasteiger partial charge in [0.15, 0.2) is 0 Å². The number of hydrogen-bond acceptors (Lipinski definition) is 3. The second-order valence-corrected chi connectivity index (χ2v) is 9.50. The van der Waals surface area contributed by atoms with Crippen LogP contribution in [0.3, 0.4) is 0 Å². The molecule has 0 aliphatic carbocycles. The summed E-state index contributed by atoms with van der Waals surface area (Å²) in [6.07, 6.45) is 6.82. The summed E-state index contributed by atoms with van der Waals surface area (Å²) in [7, 11) is 0. The van der Waals surface area contributed by atoms with Crippen LogP contribution in [0.1, 0.15) is 55.5 Å². The molecule has 0 bridgehead atoms. The maximum atomic E-state index is 12.8. The minimum Gasteiger partial charge on any atom is -0.303 e. The molecular weight excluding hydrogens is 592 g/mol. The predicted molar refractivity (Wildman–Crippen MR) is 135 cm³/mol. The van der Waals surface area contributed by atoms with Gasteiger partial charge in [-0.2, -0.15) is 0 Å². The first-order chi connectivity index (χ1) is 13.7. The Hall–Kier alpha value is -1.29. The highest BCUT2D eigenvalue weighted by Gasteiger charge is 2.19. The van der Waals surface area contributed by atoms with Crippen molar-refractivity contribution in [2.75, 3.05) is 6.54 Å². The largest absolute Gasteiger partial charge is 0.303 e.